The second-order valence-corrected chi connectivity index (χ2v) is 7.93. The van der Waals surface area contributed by atoms with Gasteiger partial charge in [-0.05, 0) is 58.4 Å². The Hall–Kier alpha value is -3.88. The van der Waals surface area contributed by atoms with Gasteiger partial charge in [0.2, 0.25) is 0 Å². The van der Waals surface area contributed by atoms with Crippen LogP contribution in [0.1, 0.15) is 45.0 Å². The number of hydrogen-bond donors (Lipinski definition) is 4. The van der Waals surface area contributed by atoms with Crippen LogP contribution in [0.15, 0.2) is 71.8 Å². The number of aromatic nitrogens is 1. The predicted octanol–water partition coefficient (Wildman–Crippen LogP) is 4.51. The first-order valence-corrected chi connectivity index (χ1v) is 10.8. The Labute approximate surface area is 201 Å². The summed E-state index contributed by atoms with van der Waals surface area (Å²) in [5, 5.41) is 15.2. The molecule has 34 heavy (non-hydrogen) atoms. The summed E-state index contributed by atoms with van der Waals surface area (Å²) in [6.45, 7) is 20.8. The molecule has 1 heterocycles. The van der Waals surface area contributed by atoms with Gasteiger partial charge in [0.25, 0.3) is 5.91 Å². The van der Waals surface area contributed by atoms with E-state index in [1.54, 1.807) is 36.5 Å². The van der Waals surface area contributed by atoms with E-state index in [9.17, 15) is 9.18 Å². The van der Waals surface area contributed by atoms with Gasteiger partial charge in [0.1, 0.15) is 5.82 Å². The fourth-order valence-corrected chi connectivity index (χ4v) is 2.91. The summed E-state index contributed by atoms with van der Waals surface area (Å²) in [6, 6.07) is 0.823. The minimum Gasteiger partial charge on any atom is -0.385 e. The molecule has 1 unspecified atom stereocenters. The summed E-state index contributed by atoms with van der Waals surface area (Å²) >= 11 is 0. The Morgan fingerprint density at radius 2 is 1.91 bits per heavy atom. The molecular formula is C25H36FN7O. The van der Waals surface area contributed by atoms with Crippen LogP contribution in [0.5, 0.6) is 0 Å². The van der Waals surface area contributed by atoms with Crippen LogP contribution in [0.4, 0.5) is 16.0 Å². The Morgan fingerprint density at radius 3 is 2.41 bits per heavy atom. The summed E-state index contributed by atoms with van der Waals surface area (Å²) in [5.41, 5.74) is 8.25. The van der Waals surface area contributed by atoms with E-state index < -0.39 is 11.7 Å². The number of hydrazone groups is 1. The van der Waals surface area contributed by atoms with Crippen molar-refractivity contribution in [2.45, 2.75) is 46.7 Å². The lowest BCUT2D eigenvalue weighted by atomic mass is 10.1. The number of allylic oxidation sites excluding steroid dienone is 5. The number of rotatable bonds is 13. The molecule has 0 radical (unpaired) electrons. The van der Waals surface area contributed by atoms with Crippen LogP contribution in [0, 0.1) is 5.82 Å². The molecule has 9 heteroatoms. The summed E-state index contributed by atoms with van der Waals surface area (Å²) in [6.07, 6.45) is 6.67. The van der Waals surface area contributed by atoms with Crippen molar-refractivity contribution in [2.75, 3.05) is 17.7 Å². The van der Waals surface area contributed by atoms with Crippen molar-refractivity contribution in [3.8, 4) is 0 Å². The third kappa shape index (κ3) is 8.23. The third-order valence-corrected chi connectivity index (χ3v) is 4.83. The molecule has 0 aliphatic carbocycles. The van der Waals surface area contributed by atoms with Crippen LogP contribution in [0.25, 0.3) is 0 Å². The van der Waals surface area contributed by atoms with E-state index in [4.69, 9.17) is 5.73 Å². The first-order valence-electron chi connectivity index (χ1n) is 10.8. The first kappa shape index (κ1) is 28.2. The Kier molecular flexibility index (Phi) is 10.7. The maximum atomic E-state index is 14.8. The third-order valence-electron chi connectivity index (χ3n) is 4.83. The molecule has 0 fully saturated rings. The van der Waals surface area contributed by atoms with Crippen molar-refractivity contribution in [1.29, 1.82) is 0 Å². The van der Waals surface area contributed by atoms with Gasteiger partial charge in [0, 0.05) is 36.7 Å². The van der Waals surface area contributed by atoms with Gasteiger partial charge in [-0.1, -0.05) is 25.8 Å². The van der Waals surface area contributed by atoms with Gasteiger partial charge >= 0.3 is 0 Å². The number of nitrogens with two attached hydrogens (primary N) is 1. The molecule has 1 rings (SSSR count). The standard InChI is InChI=1S/C25H36FN7O/c1-10-12-28-33(9)22(15(3)4)13-19(11-2)31-24-20(23(27)34)14-21(26)25(32-24)30-18(8)17(7)29-16(5)6/h10-14,17-18,29H,1,3,5H2,2,4,6-9H3,(H2,27,34)(H2,30,31,32)/b19-11+,22-13+,28-12-/t17-,18?/m0/s1. The van der Waals surface area contributed by atoms with Gasteiger partial charge in [0.05, 0.1) is 11.3 Å². The molecule has 0 aliphatic heterocycles. The maximum Gasteiger partial charge on any atom is 0.252 e. The molecule has 184 valence electrons. The second kappa shape index (κ2) is 13.0. The lowest BCUT2D eigenvalue weighted by Crippen LogP contribution is -2.39. The highest BCUT2D eigenvalue weighted by Crippen LogP contribution is 2.24. The number of hydrogen-bond acceptors (Lipinski definition) is 7. The summed E-state index contributed by atoms with van der Waals surface area (Å²) < 4.78 is 14.8. The van der Waals surface area contributed by atoms with E-state index >= 15 is 0 Å². The number of halogens is 1. The average Bonchev–Trinajstić information content (AvgIpc) is 2.75. The zero-order chi connectivity index (χ0) is 26.0. The van der Waals surface area contributed by atoms with E-state index in [1.807, 2.05) is 34.6 Å². The summed E-state index contributed by atoms with van der Waals surface area (Å²) in [7, 11) is 1.77. The molecule has 0 saturated carbocycles. The zero-order valence-corrected chi connectivity index (χ0v) is 20.9. The molecule has 8 nitrogen and oxygen atoms in total. The summed E-state index contributed by atoms with van der Waals surface area (Å²) in [4.78, 5) is 16.3. The van der Waals surface area contributed by atoms with Crippen molar-refractivity contribution in [3.63, 3.8) is 0 Å². The van der Waals surface area contributed by atoms with Crippen LogP contribution in [0.3, 0.4) is 0 Å². The van der Waals surface area contributed by atoms with Crippen molar-refractivity contribution in [3.05, 3.63) is 78.1 Å². The zero-order valence-electron chi connectivity index (χ0n) is 20.9. The van der Waals surface area contributed by atoms with Gasteiger partial charge in [-0.15, -0.1) is 0 Å². The van der Waals surface area contributed by atoms with Crippen molar-refractivity contribution in [2.24, 2.45) is 10.8 Å². The smallest absolute Gasteiger partial charge is 0.252 e. The highest BCUT2D eigenvalue weighted by Gasteiger charge is 2.20. The molecule has 0 bridgehead atoms. The molecule has 1 amide bonds. The van der Waals surface area contributed by atoms with E-state index in [0.717, 1.165) is 17.3 Å². The van der Waals surface area contributed by atoms with E-state index in [0.29, 0.717) is 11.4 Å². The van der Waals surface area contributed by atoms with Gasteiger partial charge in [-0.3, -0.25) is 9.80 Å². The quantitative estimate of drug-likeness (QED) is 0.192. The van der Waals surface area contributed by atoms with Crippen molar-refractivity contribution < 1.29 is 9.18 Å². The van der Waals surface area contributed by atoms with Crippen LogP contribution < -0.4 is 21.7 Å². The van der Waals surface area contributed by atoms with Crippen LogP contribution in [-0.2, 0) is 0 Å². The number of carbonyl (C=O) groups excluding carboxylic acids is 1. The normalized spacial score (nSPS) is 13.7. The van der Waals surface area contributed by atoms with Crippen LogP contribution >= 0.6 is 0 Å². The Morgan fingerprint density at radius 1 is 1.26 bits per heavy atom. The molecule has 0 aliphatic rings. The number of amides is 1. The van der Waals surface area contributed by atoms with Gasteiger partial charge in [-0.25, -0.2) is 9.37 Å². The monoisotopic (exact) mass is 469 g/mol. The Bertz CT molecular complexity index is 1030. The minimum absolute atomic E-state index is 0.0115. The number of nitrogens with one attached hydrogen (secondary N) is 3. The fraction of sp³-hybridized carbons (Fsp3) is 0.320. The minimum atomic E-state index is -0.807. The SMILES string of the molecule is C=C/C=N\N(C)/C(=C/C(=C\C)Nc1nc(NC(C)[C@H](C)NC(=C)C)c(F)cc1C(N)=O)C(=C)C. The lowest BCUT2D eigenvalue weighted by Gasteiger charge is -2.24. The highest BCUT2D eigenvalue weighted by molar-refractivity contribution is 5.98. The number of primary amides is 1. The molecular weight excluding hydrogens is 433 g/mol. The number of nitrogens with zero attached hydrogens (tertiary/aromatic N) is 3. The van der Waals surface area contributed by atoms with Crippen LogP contribution in [-0.4, -0.2) is 41.2 Å². The topological polar surface area (TPSA) is 108 Å². The van der Waals surface area contributed by atoms with E-state index in [2.05, 4.69) is 45.8 Å². The number of pyridine rings is 1. The second-order valence-electron chi connectivity index (χ2n) is 7.93. The number of likely N-dealkylation sites (N-methyl/N-ethyl adjacent to an activating group) is 1. The summed E-state index contributed by atoms with van der Waals surface area (Å²) in [5.74, 6) is -1.39. The van der Waals surface area contributed by atoms with E-state index in [1.165, 1.54) is 0 Å². The molecule has 0 spiro atoms. The Balaban J connectivity index is 3.38. The van der Waals surface area contributed by atoms with Gasteiger partial charge in [-0.2, -0.15) is 5.10 Å². The fourth-order valence-electron chi connectivity index (χ4n) is 2.91. The predicted molar refractivity (Wildman–Crippen MR) is 140 cm³/mol. The van der Waals surface area contributed by atoms with Gasteiger partial charge < -0.3 is 21.7 Å². The van der Waals surface area contributed by atoms with Crippen LogP contribution in [0.2, 0.25) is 0 Å². The first-order chi connectivity index (χ1) is 15.9. The average molecular weight is 470 g/mol. The van der Waals surface area contributed by atoms with Gasteiger partial charge in [0.15, 0.2) is 11.6 Å². The molecule has 0 saturated heterocycles. The molecule has 0 aromatic carbocycles. The molecule has 2 atom stereocenters. The van der Waals surface area contributed by atoms with Crippen molar-refractivity contribution in [1.82, 2.24) is 15.3 Å². The maximum absolute atomic E-state index is 14.8. The van der Waals surface area contributed by atoms with Crippen molar-refractivity contribution >= 4 is 23.8 Å². The molecule has 5 N–H and O–H groups in total. The lowest BCUT2D eigenvalue weighted by molar-refractivity contribution is 0.100. The molecule has 1 aromatic heterocycles. The number of carbonyl (C=O) groups is 1. The largest absolute Gasteiger partial charge is 0.385 e. The van der Waals surface area contributed by atoms with E-state index in [-0.39, 0.29) is 29.3 Å². The number of anilines is 2. The molecule has 1 aromatic rings. The highest BCUT2D eigenvalue weighted by atomic mass is 19.1.